The minimum atomic E-state index is -2.78. The van der Waals surface area contributed by atoms with Crippen LogP contribution in [0.1, 0.15) is 17.5 Å². The lowest BCUT2D eigenvalue weighted by atomic mass is 9.88. The van der Waals surface area contributed by atoms with Crippen molar-refractivity contribution in [2.45, 2.75) is 18.5 Å². The summed E-state index contributed by atoms with van der Waals surface area (Å²) in [5, 5.41) is 23.5. The third-order valence-corrected chi connectivity index (χ3v) is 5.81. The van der Waals surface area contributed by atoms with Crippen LogP contribution in [0.25, 0.3) is 22.0 Å². The number of aliphatic carboxylic acids is 1. The van der Waals surface area contributed by atoms with Gasteiger partial charge in [0.1, 0.15) is 5.82 Å². The Bertz CT molecular complexity index is 1350. The summed E-state index contributed by atoms with van der Waals surface area (Å²) < 4.78 is 30.5. The Hall–Kier alpha value is -3.71. The zero-order valence-corrected chi connectivity index (χ0v) is 18.0. The molecule has 1 aromatic heterocycles. The Morgan fingerprint density at radius 1 is 1.09 bits per heavy atom. The first-order chi connectivity index (χ1) is 15.8. The van der Waals surface area contributed by atoms with E-state index in [1.54, 1.807) is 54.7 Å². The Labute approximate surface area is 192 Å². The van der Waals surface area contributed by atoms with Crippen LogP contribution in [0, 0.1) is 5.82 Å². The molecule has 0 saturated carbocycles. The number of carboxylic acid groups (broad SMARTS) is 1. The second-order valence-electron chi connectivity index (χ2n) is 7.73. The number of aromatic nitrogens is 1. The van der Waals surface area contributed by atoms with Crippen LogP contribution in [0.15, 0.2) is 78.1 Å². The van der Waals surface area contributed by atoms with Crippen LogP contribution in [-0.4, -0.2) is 32.6 Å². The van der Waals surface area contributed by atoms with E-state index in [9.17, 15) is 19.5 Å². The second kappa shape index (κ2) is 9.03. The summed E-state index contributed by atoms with van der Waals surface area (Å²) in [6.07, 6.45) is 0.340. The van der Waals surface area contributed by atoms with Crippen molar-refractivity contribution in [1.82, 2.24) is 4.98 Å². The van der Waals surface area contributed by atoms with Gasteiger partial charge in [0.2, 0.25) is 5.67 Å². The van der Waals surface area contributed by atoms with Gasteiger partial charge in [0.25, 0.3) is 0 Å². The Morgan fingerprint density at radius 2 is 1.82 bits per heavy atom. The van der Waals surface area contributed by atoms with Gasteiger partial charge in [-0.1, -0.05) is 59.2 Å². The lowest BCUT2D eigenvalue weighted by Crippen LogP contribution is -2.38. The predicted molar refractivity (Wildman–Crippen MR) is 123 cm³/mol. The molecule has 0 fully saturated rings. The molecule has 3 N–H and O–H groups in total. The van der Waals surface area contributed by atoms with Gasteiger partial charge in [-0.2, -0.15) is 0 Å². The fraction of sp³-hybridized carbons (Fsp3) is 0.120. The van der Waals surface area contributed by atoms with Crippen molar-refractivity contribution in [3.8, 4) is 11.1 Å². The summed E-state index contributed by atoms with van der Waals surface area (Å²) in [5.41, 5.74) is -0.908. The molecule has 0 aliphatic heterocycles. The molecule has 5 nitrogen and oxygen atoms in total. The van der Waals surface area contributed by atoms with E-state index in [1.165, 1.54) is 12.1 Å². The van der Waals surface area contributed by atoms with Crippen LogP contribution < -0.4 is 0 Å². The molecule has 0 aliphatic rings. The number of aromatic amines is 1. The van der Waals surface area contributed by atoms with Crippen molar-refractivity contribution < 1.29 is 23.9 Å². The molecule has 0 radical (unpaired) electrons. The zero-order chi connectivity index (χ0) is 23.6. The molecule has 4 rings (SSSR count). The first kappa shape index (κ1) is 22.5. The highest BCUT2D eigenvalue weighted by molar-refractivity contribution is 6.30. The topological polar surface area (TPSA) is 85.7 Å². The lowest BCUT2D eigenvalue weighted by molar-refractivity contribution is -0.150. The summed E-state index contributed by atoms with van der Waals surface area (Å²) in [4.78, 5) is 14.9. The summed E-state index contributed by atoms with van der Waals surface area (Å²) in [6, 6.07) is 17.7. The second-order valence-corrected chi connectivity index (χ2v) is 8.17. The van der Waals surface area contributed by atoms with Gasteiger partial charge in [0.05, 0.1) is 5.71 Å². The highest BCUT2D eigenvalue weighted by Gasteiger charge is 2.41. The van der Waals surface area contributed by atoms with Crippen molar-refractivity contribution in [3.63, 3.8) is 0 Å². The number of hydrogen-bond donors (Lipinski definition) is 3. The van der Waals surface area contributed by atoms with Gasteiger partial charge in [-0.25, -0.2) is 13.6 Å². The van der Waals surface area contributed by atoms with E-state index < -0.39 is 30.3 Å². The highest BCUT2D eigenvalue weighted by atomic mass is 35.5. The Balaban J connectivity index is 1.63. The molecule has 33 heavy (non-hydrogen) atoms. The quantitative estimate of drug-likeness (QED) is 0.171. The third kappa shape index (κ3) is 4.59. The van der Waals surface area contributed by atoms with Gasteiger partial charge in [-0.3, -0.25) is 0 Å². The maximum Gasteiger partial charge on any atom is 0.342 e. The third-order valence-electron chi connectivity index (χ3n) is 5.55. The number of nitrogens with zero attached hydrogens (tertiary/aromatic N) is 1. The SMILES string of the molecule is O=C(O)C(F)(CC(=NO)c1ccc(-c2ccc(Cl)cc2)c(F)c1)Cc1c[nH]c2ccccc12. The number of benzene rings is 3. The molecule has 168 valence electrons. The zero-order valence-electron chi connectivity index (χ0n) is 17.2. The van der Waals surface area contributed by atoms with Crippen molar-refractivity contribution >= 4 is 34.2 Å². The minimum Gasteiger partial charge on any atom is -0.479 e. The van der Waals surface area contributed by atoms with Crippen LogP contribution in [0.2, 0.25) is 5.02 Å². The summed E-state index contributed by atoms with van der Waals surface area (Å²) in [7, 11) is 0. The fourth-order valence-electron chi connectivity index (χ4n) is 3.81. The van der Waals surface area contributed by atoms with Gasteiger partial charge >= 0.3 is 5.97 Å². The van der Waals surface area contributed by atoms with Gasteiger partial charge in [0.15, 0.2) is 0 Å². The predicted octanol–water partition coefficient (Wildman–Crippen LogP) is 6.23. The Morgan fingerprint density at radius 3 is 2.48 bits per heavy atom. The number of nitrogens with one attached hydrogen (secondary N) is 1. The fourth-order valence-corrected chi connectivity index (χ4v) is 3.94. The molecule has 0 saturated heterocycles. The molecular formula is C25H19ClF2N2O3. The number of hydrogen-bond acceptors (Lipinski definition) is 3. The number of oxime groups is 1. The lowest BCUT2D eigenvalue weighted by Gasteiger charge is -2.21. The van der Waals surface area contributed by atoms with E-state index >= 15 is 4.39 Å². The van der Waals surface area contributed by atoms with Crippen molar-refractivity contribution in [1.29, 1.82) is 0 Å². The summed E-state index contributed by atoms with van der Waals surface area (Å²) in [6.45, 7) is 0. The maximum atomic E-state index is 15.7. The molecule has 1 heterocycles. The van der Waals surface area contributed by atoms with E-state index in [2.05, 4.69) is 10.1 Å². The summed E-state index contributed by atoms with van der Waals surface area (Å²) >= 11 is 5.87. The molecule has 3 aromatic carbocycles. The average Bonchev–Trinajstić information content (AvgIpc) is 3.20. The number of fused-ring (bicyclic) bond motifs is 1. The molecule has 0 amide bonds. The van der Waals surface area contributed by atoms with Crippen molar-refractivity contribution in [2.75, 3.05) is 0 Å². The first-order valence-corrected chi connectivity index (χ1v) is 10.4. The summed E-state index contributed by atoms with van der Waals surface area (Å²) in [5.74, 6) is -2.33. The average molecular weight is 469 g/mol. The molecule has 0 bridgehead atoms. The molecule has 4 aromatic rings. The van der Waals surface area contributed by atoms with E-state index in [0.717, 1.165) is 11.6 Å². The number of carbonyl (C=O) groups is 1. The molecule has 1 unspecified atom stereocenters. The van der Waals surface area contributed by atoms with Crippen LogP contribution in [0.3, 0.4) is 0 Å². The molecule has 0 spiro atoms. The van der Waals surface area contributed by atoms with Crippen LogP contribution in [0.5, 0.6) is 0 Å². The van der Waals surface area contributed by atoms with E-state index in [4.69, 9.17) is 11.6 Å². The van der Waals surface area contributed by atoms with E-state index in [-0.39, 0.29) is 16.8 Å². The largest absolute Gasteiger partial charge is 0.479 e. The number of para-hydroxylation sites is 1. The van der Waals surface area contributed by atoms with E-state index in [1.807, 2.05) is 0 Å². The molecule has 0 aliphatic carbocycles. The Kier molecular flexibility index (Phi) is 6.16. The van der Waals surface area contributed by atoms with Crippen molar-refractivity contribution in [3.05, 3.63) is 94.9 Å². The van der Waals surface area contributed by atoms with Gasteiger partial charge in [-0.05, 0) is 35.4 Å². The number of rotatable bonds is 7. The number of carboxylic acids is 1. The van der Waals surface area contributed by atoms with Crippen molar-refractivity contribution in [2.24, 2.45) is 5.16 Å². The van der Waals surface area contributed by atoms with Gasteiger partial charge in [-0.15, -0.1) is 0 Å². The highest BCUT2D eigenvalue weighted by Crippen LogP contribution is 2.31. The minimum absolute atomic E-state index is 0.0786. The maximum absolute atomic E-state index is 15.7. The molecular weight excluding hydrogens is 450 g/mol. The first-order valence-electron chi connectivity index (χ1n) is 10.0. The monoisotopic (exact) mass is 468 g/mol. The standard InChI is InChI=1S/C25H19ClF2N2O3/c26-18-8-5-15(6-9-18)19-10-7-16(11-21(19)27)23(30-33)13-25(28,24(31)32)12-17-14-29-22-4-2-1-3-20(17)22/h1-11,14,29,33H,12-13H2,(H,31,32). The van der Waals surface area contributed by atoms with Crippen LogP contribution >= 0.6 is 11.6 Å². The van der Waals surface area contributed by atoms with E-state index in [0.29, 0.717) is 21.5 Å². The van der Waals surface area contributed by atoms with Crippen LogP contribution in [0.4, 0.5) is 8.78 Å². The van der Waals surface area contributed by atoms with Crippen LogP contribution in [-0.2, 0) is 11.2 Å². The molecule has 8 heteroatoms. The number of alkyl halides is 1. The smallest absolute Gasteiger partial charge is 0.342 e. The number of H-pyrrole nitrogens is 1. The normalized spacial score (nSPS) is 13.7. The molecule has 1 atom stereocenters. The van der Waals surface area contributed by atoms with Gasteiger partial charge < -0.3 is 15.3 Å². The number of halogens is 3. The van der Waals surface area contributed by atoms with Gasteiger partial charge in [0, 0.05) is 46.1 Å².